The molecule has 2 fully saturated rings. The van der Waals surface area contributed by atoms with Crippen LogP contribution in [0.15, 0.2) is 42.6 Å². The van der Waals surface area contributed by atoms with Crippen LogP contribution in [0.4, 0.5) is 11.8 Å². The summed E-state index contributed by atoms with van der Waals surface area (Å²) in [4.78, 5) is 11.0. The number of hydrazine groups is 1. The molecule has 2 saturated heterocycles. The minimum Gasteiger partial charge on any atom is -0.384 e. The monoisotopic (exact) mass is 338 g/mol. The van der Waals surface area contributed by atoms with Gasteiger partial charge in [0.25, 0.3) is 0 Å². The Bertz CT molecular complexity index is 683. The van der Waals surface area contributed by atoms with Crippen LogP contribution in [-0.2, 0) is 6.42 Å². The predicted molar refractivity (Wildman–Crippen MR) is 99.9 cm³/mol. The molecule has 2 aromatic rings. The molecule has 1 aromatic heterocycles. The Morgan fingerprint density at radius 1 is 1.12 bits per heavy atom. The highest BCUT2D eigenvalue weighted by Gasteiger charge is 2.35. The van der Waals surface area contributed by atoms with Gasteiger partial charge in [-0.05, 0) is 42.7 Å². The molecule has 6 nitrogen and oxygen atoms in total. The molecule has 0 aliphatic carbocycles. The minimum absolute atomic E-state index is 0.532. The highest BCUT2D eigenvalue weighted by atomic mass is 15.4. The summed E-state index contributed by atoms with van der Waals surface area (Å²) < 4.78 is 0. The fourth-order valence-corrected chi connectivity index (χ4v) is 4.14. The van der Waals surface area contributed by atoms with E-state index in [9.17, 15) is 0 Å². The van der Waals surface area contributed by atoms with Gasteiger partial charge in [0.05, 0.1) is 0 Å². The fourth-order valence-electron chi connectivity index (χ4n) is 4.14. The van der Waals surface area contributed by atoms with Gasteiger partial charge in [0.15, 0.2) is 0 Å². The summed E-state index contributed by atoms with van der Waals surface area (Å²) in [7, 11) is 0. The first kappa shape index (κ1) is 16.3. The molecule has 132 valence electrons. The van der Waals surface area contributed by atoms with Gasteiger partial charge in [0.1, 0.15) is 5.82 Å². The third-order valence-electron chi connectivity index (χ3n) is 5.48. The molecule has 0 radical (unpaired) electrons. The zero-order valence-corrected chi connectivity index (χ0v) is 14.4. The molecule has 2 aliphatic heterocycles. The molecule has 3 heterocycles. The number of benzene rings is 1. The molecule has 4 rings (SSSR count). The van der Waals surface area contributed by atoms with Crippen molar-refractivity contribution < 1.29 is 0 Å². The lowest BCUT2D eigenvalue weighted by Gasteiger charge is -2.36. The van der Waals surface area contributed by atoms with Gasteiger partial charge >= 0.3 is 0 Å². The Labute approximate surface area is 148 Å². The molecule has 1 aromatic carbocycles. The Balaban J connectivity index is 1.36. The smallest absolute Gasteiger partial charge is 0.227 e. The summed E-state index contributed by atoms with van der Waals surface area (Å²) in [6.07, 6.45) is 5.18. The lowest BCUT2D eigenvalue weighted by molar-refractivity contribution is 0.266. The standard InChI is InChI=1S/C19H26N6/c20-17-6-9-21-19(23-17)25-10-7-15(8-11-25)18-16(13-22-24-18)12-14-4-2-1-3-5-14/h1-6,9,15-16,18,22,24H,7-8,10-13H2,(H2,20,21,23). The largest absolute Gasteiger partial charge is 0.384 e. The van der Waals surface area contributed by atoms with Crippen molar-refractivity contribution in [1.29, 1.82) is 0 Å². The first-order valence-electron chi connectivity index (χ1n) is 9.15. The van der Waals surface area contributed by atoms with Gasteiger partial charge in [-0.15, -0.1) is 0 Å². The zero-order chi connectivity index (χ0) is 17.1. The van der Waals surface area contributed by atoms with Gasteiger partial charge in [0, 0.05) is 31.9 Å². The normalized spacial score (nSPS) is 24.6. The maximum atomic E-state index is 5.79. The van der Waals surface area contributed by atoms with Crippen LogP contribution in [0.2, 0.25) is 0 Å². The van der Waals surface area contributed by atoms with Gasteiger partial charge in [-0.1, -0.05) is 30.3 Å². The average Bonchev–Trinajstić information content (AvgIpc) is 3.11. The molecule has 0 bridgehead atoms. The van der Waals surface area contributed by atoms with E-state index in [1.54, 1.807) is 12.3 Å². The van der Waals surface area contributed by atoms with E-state index < -0.39 is 0 Å². The molecule has 2 atom stereocenters. The summed E-state index contributed by atoms with van der Waals surface area (Å²) in [6.45, 7) is 3.02. The summed E-state index contributed by atoms with van der Waals surface area (Å²) in [5, 5.41) is 0. The SMILES string of the molecule is Nc1ccnc(N2CCC(C3NNCC3Cc3ccccc3)CC2)n1. The molecule has 4 N–H and O–H groups in total. The zero-order valence-electron chi connectivity index (χ0n) is 14.4. The van der Waals surface area contributed by atoms with E-state index in [0.717, 1.165) is 44.8 Å². The Hall–Kier alpha value is -2.18. The summed E-state index contributed by atoms with van der Waals surface area (Å²) in [5.41, 5.74) is 14.1. The lowest BCUT2D eigenvalue weighted by Crippen LogP contribution is -2.45. The summed E-state index contributed by atoms with van der Waals surface area (Å²) in [6, 6.07) is 13.1. The van der Waals surface area contributed by atoms with E-state index in [2.05, 4.69) is 56.1 Å². The van der Waals surface area contributed by atoms with Crippen molar-refractivity contribution in [2.45, 2.75) is 25.3 Å². The molecular formula is C19H26N6. The molecule has 0 saturated carbocycles. The Kier molecular flexibility index (Phi) is 4.81. The maximum Gasteiger partial charge on any atom is 0.227 e. The molecule has 25 heavy (non-hydrogen) atoms. The van der Waals surface area contributed by atoms with Gasteiger partial charge in [-0.25, -0.2) is 4.98 Å². The number of piperidine rings is 1. The Morgan fingerprint density at radius 2 is 1.92 bits per heavy atom. The van der Waals surface area contributed by atoms with Crippen LogP contribution in [0.5, 0.6) is 0 Å². The van der Waals surface area contributed by atoms with Crippen LogP contribution in [-0.4, -0.2) is 35.6 Å². The second-order valence-corrected chi connectivity index (χ2v) is 7.11. The molecule has 0 amide bonds. The van der Waals surface area contributed by atoms with E-state index in [1.165, 1.54) is 5.56 Å². The Morgan fingerprint density at radius 3 is 2.68 bits per heavy atom. The van der Waals surface area contributed by atoms with Crippen molar-refractivity contribution in [3.63, 3.8) is 0 Å². The number of anilines is 2. The number of nitrogen functional groups attached to an aromatic ring is 1. The number of nitrogens with zero attached hydrogens (tertiary/aromatic N) is 3. The number of nitrogens with two attached hydrogens (primary N) is 1. The van der Waals surface area contributed by atoms with Gasteiger partial charge in [-0.2, -0.15) is 4.98 Å². The maximum absolute atomic E-state index is 5.79. The van der Waals surface area contributed by atoms with E-state index >= 15 is 0 Å². The molecule has 6 heteroatoms. The van der Waals surface area contributed by atoms with Crippen molar-refractivity contribution in [2.75, 3.05) is 30.3 Å². The van der Waals surface area contributed by atoms with Gasteiger partial charge in [-0.3, -0.25) is 10.9 Å². The second kappa shape index (κ2) is 7.37. The highest BCUT2D eigenvalue weighted by molar-refractivity contribution is 5.38. The van der Waals surface area contributed by atoms with Crippen molar-refractivity contribution in [3.05, 3.63) is 48.2 Å². The minimum atomic E-state index is 0.532. The predicted octanol–water partition coefficient (Wildman–Crippen LogP) is 1.61. The quantitative estimate of drug-likeness (QED) is 0.786. The molecule has 2 unspecified atom stereocenters. The number of aromatic nitrogens is 2. The van der Waals surface area contributed by atoms with Crippen LogP contribution in [0.1, 0.15) is 18.4 Å². The average molecular weight is 338 g/mol. The van der Waals surface area contributed by atoms with Crippen molar-refractivity contribution in [2.24, 2.45) is 11.8 Å². The fraction of sp³-hybridized carbons (Fsp3) is 0.474. The third kappa shape index (κ3) is 3.75. The molecule has 0 spiro atoms. The number of nitrogens with one attached hydrogen (secondary N) is 2. The molecule has 2 aliphatic rings. The van der Waals surface area contributed by atoms with Gasteiger partial charge < -0.3 is 10.6 Å². The number of hydrogen-bond donors (Lipinski definition) is 3. The third-order valence-corrected chi connectivity index (χ3v) is 5.48. The van der Waals surface area contributed by atoms with E-state index in [0.29, 0.717) is 23.7 Å². The first-order valence-corrected chi connectivity index (χ1v) is 9.15. The van der Waals surface area contributed by atoms with Crippen LogP contribution >= 0.6 is 0 Å². The van der Waals surface area contributed by atoms with E-state index in [-0.39, 0.29) is 0 Å². The van der Waals surface area contributed by atoms with Gasteiger partial charge in [0.2, 0.25) is 5.95 Å². The second-order valence-electron chi connectivity index (χ2n) is 7.11. The van der Waals surface area contributed by atoms with Crippen LogP contribution in [0.3, 0.4) is 0 Å². The first-order chi connectivity index (χ1) is 12.3. The van der Waals surface area contributed by atoms with Crippen LogP contribution < -0.4 is 21.5 Å². The number of hydrogen-bond acceptors (Lipinski definition) is 6. The highest BCUT2D eigenvalue weighted by Crippen LogP contribution is 2.29. The summed E-state index contributed by atoms with van der Waals surface area (Å²) >= 11 is 0. The van der Waals surface area contributed by atoms with Crippen molar-refractivity contribution in [3.8, 4) is 0 Å². The molecular weight excluding hydrogens is 312 g/mol. The van der Waals surface area contributed by atoms with E-state index in [1.807, 2.05) is 0 Å². The summed E-state index contributed by atoms with van der Waals surface area (Å²) in [5.74, 6) is 2.62. The van der Waals surface area contributed by atoms with Crippen molar-refractivity contribution in [1.82, 2.24) is 20.8 Å². The lowest BCUT2D eigenvalue weighted by atomic mass is 9.81. The number of rotatable bonds is 4. The topological polar surface area (TPSA) is 79.1 Å². The van der Waals surface area contributed by atoms with Crippen LogP contribution in [0.25, 0.3) is 0 Å². The van der Waals surface area contributed by atoms with Crippen LogP contribution in [0, 0.1) is 11.8 Å². The van der Waals surface area contributed by atoms with E-state index in [4.69, 9.17) is 5.73 Å². The van der Waals surface area contributed by atoms with Crippen molar-refractivity contribution >= 4 is 11.8 Å².